The maximum atomic E-state index is 13.6. The Kier molecular flexibility index (Phi) is 4.27. The summed E-state index contributed by atoms with van der Waals surface area (Å²) >= 11 is 1.53. The zero-order chi connectivity index (χ0) is 20.1. The van der Waals surface area contributed by atoms with Gasteiger partial charge < -0.3 is 0 Å². The summed E-state index contributed by atoms with van der Waals surface area (Å²) in [4.78, 5) is 14.5. The highest BCUT2D eigenvalue weighted by Crippen LogP contribution is 2.52. The molecule has 5 heteroatoms. The van der Waals surface area contributed by atoms with Crippen LogP contribution in [0, 0.1) is 33.5 Å². The molecule has 4 atom stereocenters. The van der Waals surface area contributed by atoms with Crippen LogP contribution in [-0.2, 0) is 4.79 Å². The lowest BCUT2D eigenvalue weighted by molar-refractivity contribution is -0.885. The molecule has 0 radical (unpaired) electrons. The van der Waals surface area contributed by atoms with Crippen molar-refractivity contribution in [3.8, 4) is 12.1 Å². The number of Topliss-reactive ketones (excluding diaryl/α,β-unsaturated/α-hetero) is 1. The Labute approximate surface area is 169 Å². The van der Waals surface area contributed by atoms with Crippen molar-refractivity contribution in [2.24, 2.45) is 10.8 Å². The summed E-state index contributed by atoms with van der Waals surface area (Å²) in [6.07, 6.45) is 4.00. The van der Waals surface area contributed by atoms with E-state index in [0.717, 1.165) is 21.6 Å². The van der Waals surface area contributed by atoms with E-state index in [1.54, 1.807) is 0 Å². The molecule has 1 N–H and O–H groups in total. The molecule has 0 bridgehead atoms. The molecule has 4 rings (SSSR count). The molecule has 0 aliphatic carbocycles. The highest BCUT2D eigenvalue weighted by atomic mass is 32.1. The first-order chi connectivity index (χ1) is 13.3. The number of ketones is 1. The van der Waals surface area contributed by atoms with Gasteiger partial charge in [0.25, 0.3) is 0 Å². The molecule has 1 aromatic carbocycles. The largest absolute Gasteiger partial charge is 0.292 e. The van der Waals surface area contributed by atoms with Crippen molar-refractivity contribution >= 4 is 23.2 Å². The molecule has 2 aliphatic heterocycles. The molecular formula is C23H22N3OS+. The molecule has 1 saturated heterocycles. The highest BCUT2D eigenvalue weighted by Gasteiger charge is 2.68. The van der Waals surface area contributed by atoms with Gasteiger partial charge in [-0.1, -0.05) is 45.0 Å². The minimum Gasteiger partial charge on any atom is -0.292 e. The van der Waals surface area contributed by atoms with E-state index in [2.05, 4.69) is 12.1 Å². The van der Waals surface area contributed by atoms with Crippen LogP contribution in [0.3, 0.4) is 0 Å². The smallest absolute Gasteiger partial charge is 0.212 e. The third kappa shape index (κ3) is 2.48. The minimum atomic E-state index is -1.32. The van der Waals surface area contributed by atoms with Gasteiger partial charge in [0.2, 0.25) is 5.41 Å². The lowest BCUT2D eigenvalue weighted by Crippen LogP contribution is -3.12. The summed E-state index contributed by atoms with van der Waals surface area (Å²) in [6.45, 7) is 5.73. The molecule has 4 nitrogen and oxygen atoms in total. The molecule has 2 aliphatic rings. The summed E-state index contributed by atoms with van der Waals surface area (Å²) in [5, 5.41) is 24.6. The zero-order valence-corrected chi connectivity index (χ0v) is 17.0. The quantitative estimate of drug-likeness (QED) is 0.856. The number of carbonyl (C=O) groups excluding carboxylic acids is 1. The van der Waals surface area contributed by atoms with Crippen molar-refractivity contribution in [1.29, 1.82) is 10.5 Å². The van der Waals surface area contributed by atoms with E-state index < -0.39 is 28.8 Å². The number of nitriles is 2. The number of carbonyl (C=O) groups is 1. The first kappa shape index (κ1) is 18.6. The van der Waals surface area contributed by atoms with Crippen molar-refractivity contribution in [2.45, 2.75) is 38.8 Å². The fourth-order valence-electron chi connectivity index (χ4n) is 4.78. The Morgan fingerprint density at radius 2 is 1.89 bits per heavy atom. The fourth-order valence-corrected chi connectivity index (χ4v) is 5.48. The van der Waals surface area contributed by atoms with Crippen LogP contribution in [-0.4, -0.2) is 11.8 Å². The SMILES string of the molecule is CC(C)(C)C(=O)[C@H]1[C@H](c2ccsc2)C(C#N)(C#N)[C@@H]2c3ccccc3C=C[NH+]21. The van der Waals surface area contributed by atoms with Crippen LogP contribution in [0.2, 0.25) is 0 Å². The topological polar surface area (TPSA) is 69.1 Å². The van der Waals surface area contributed by atoms with Gasteiger partial charge in [-0.25, -0.2) is 0 Å². The van der Waals surface area contributed by atoms with E-state index in [1.807, 2.05) is 74.1 Å². The van der Waals surface area contributed by atoms with E-state index in [1.165, 1.54) is 11.3 Å². The molecule has 1 fully saturated rings. The van der Waals surface area contributed by atoms with Crippen molar-refractivity contribution in [1.82, 2.24) is 0 Å². The number of hydrogen-bond donors (Lipinski definition) is 1. The molecule has 1 aromatic heterocycles. The average molecular weight is 389 g/mol. The van der Waals surface area contributed by atoms with Crippen LogP contribution >= 0.6 is 11.3 Å². The number of nitrogens with one attached hydrogen (secondary N) is 1. The Balaban J connectivity index is 2.01. The molecule has 0 spiro atoms. The number of nitrogens with zero attached hydrogens (tertiary/aromatic N) is 2. The molecule has 28 heavy (non-hydrogen) atoms. The average Bonchev–Trinajstić information content (AvgIpc) is 3.30. The summed E-state index contributed by atoms with van der Waals surface area (Å²) in [5.74, 6) is -0.392. The van der Waals surface area contributed by atoms with Crippen molar-refractivity contribution in [3.05, 3.63) is 64.0 Å². The lowest BCUT2D eigenvalue weighted by Gasteiger charge is -2.31. The van der Waals surface area contributed by atoms with Gasteiger partial charge in [-0.3, -0.25) is 9.69 Å². The van der Waals surface area contributed by atoms with Gasteiger partial charge in [0.1, 0.15) is 0 Å². The molecule has 0 amide bonds. The fraction of sp³-hybridized carbons (Fsp3) is 0.348. The number of thiophene rings is 1. The van der Waals surface area contributed by atoms with Gasteiger partial charge in [-0.2, -0.15) is 21.9 Å². The van der Waals surface area contributed by atoms with E-state index in [-0.39, 0.29) is 5.78 Å². The Bertz CT molecular complexity index is 1020. The second-order valence-electron chi connectivity index (χ2n) is 8.61. The monoisotopic (exact) mass is 388 g/mol. The normalized spacial score (nSPS) is 27.3. The molecule has 0 saturated carbocycles. The summed E-state index contributed by atoms with van der Waals surface area (Å²) in [5.41, 5.74) is 1.00. The third-order valence-electron chi connectivity index (χ3n) is 6.03. The summed E-state index contributed by atoms with van der Waals surface area (Å²) < 4.78 is 0. The number of benzene rings is 1. The van der Waals surface area contributed by atoms with Crippen molar-refractivity contribution < 1.29 is 9.69 Å². The van der Waals surface area contributed by atoms with Gasteiger partial charge in [0.05, 0.1) is 24.3 Å². The van der Waals surface area contributed by atoms with Gasteiger partial charge in [-0.15, -0.1) is 0 Å². The van der Waals surface area contributed by atoms with Crippen LogP contribution < -0.4 is 4.90 Å². The van der Waals surface area contributed by atoms with E-state index in [0.29, 0.717) is 0 Å². The summed E-state index contributed by atoms with van der Waals surface area (Å²) in [7, 11) is 0. The van der Waals surface area contributed by atoms with E-state index >= 15 is 0 Å². The van der Waals surface area contributed by atoms with Crippen LogP contribution in [0.15, 0.2) is 47.3 Å². The summed E-state index contributed by atoms with van der Waals surface area (Å²) in [6, 6.07) is 13.7. The van der Waals surface area contributed by atoms with Crippen LogP contribution in [0.1, 0.15) is 49.4 Å². The number of quaternary nitrogens is 1. The first-order valence-electron chi connectivity index (χ1n) is 9.38. The second-order valence-corrected chi connectivity index (χ2v) is 9.39. The predicted octanol–water partition coefficient (Wildman–Crippen LogP) is 3.47. The van der Waals surface area contributed by atoms with Crippen LogP contribution in [0.5, 0.6) is 0 Å². The van der Waals surface area contributed by atoms with Gasteiger partial charge in [0.15, 0.2) is 17.9 Å². The molecular weight excluding hydrogens is 366 g/mol. The van der Waals surface area contributed by atoms with Gasteiger partial charge >= 0.3 is 0 Å². The molecule has 140 valence electrons. The Morgan fingerprint density at radius 3 is 2.50 bits per heavy atom. The molecule has 2 aromatic rings. The lowest BCUT2D eigenvalue weighted by atomic mass is 9.67. The predicted molar refractivity (Wildman–Crippen MR) is 108 cm³/mol. The first-order valence-corrected chi connectivity index (χ1v) is 10.3. The Morgan fingerprint density at radius 1 is 1.18 bits per heavy atom. The number of fused-ring (bicyclic) bond motifs is 3. The standard InChI is InChI=1S/C23H21N3OS/c1-22(2,3)21(27)19-18(16-9-11-28-12-16)23(13-24,14-25)20-17-7-5-4-6-15(17)8-10-26(19)20/h4-12,18-20H,1-3H3/p+1/t18-,19+,20-/m0/s1. The number of rotatable bonds is 2. The van der Waals surface area contributed by atoms with E-state index in [4.69, 9.17) is 0 Å². The van der Waals surface area contributed by atoms with Crippen LogP contribution in [0.25, 0.3) is 6.08 Å². The highest BCUT2D eigenvalue weighted by molar-refractivity contribution is 7.08. The van der Waals surface area contributed by atoms with Crippen molar-refractivity contribution in [2.75, 3.05) is 0 Å². The zero-order valence-electron chi connectivity index (χ0n) is 16.1. The van der Waals surface area contributed by atoms with Crippen LogP contribution in [0.4, 0.5) is 0 Å². The maximum Gasteiger partial charge on any atom is 0.212 e. The van der Waals surface area contributed by atoms with E-state index in [9.17, 15) is 15.3 Å². The minimum absolute atomic E-state index is 0.0834. The number of hydrogen-bond acceptors (Lipinski definition) is 4. The second kappa shape index (κ2) is 6.41. The Hall–Kier alpha value is -2.73. The van der Waals surface area contributed by atoms with Gasteiger partial charge in [0, 0.05) is 11.0 Å². The molecule has 3 heterocycles. The maximum absolute atomic E-state index is 13.6. The van der Waals surface area contributed by atoms with Gasteiger partial charge in [-0.05, 0) is 34.0 Å². The molecule has 1 unspecified atom stereocenters. The third-order valence-corrected chi connectivity index (χ3v) is 6.73. The van der Waals surface area contributed by atoms with Crippen molar-refractivity contribution in [3.63, 3.8) is 0 Å².